The van der Waals surface area contributed by atoms with E-state index >= 15 is 0 Å². The average Bonchev–Trinajstić information content (AvgIpc) is 3.01. The van der Waals surface area contributed by atoms with Crippen LogP contribution in [0, 0.1) is 20.8 Å². The van der Waals surface area contributed by atoms with Gasteiger partial charge in [0.05, 0.1) is 5.69 Å². The summed E-state index contributed by atoms with van der Waals surface area (Å²) in [6, 6.07) is 6.68. The molecular formula is C17H25N5O. The van der Waals surface area contributed by atoms with Crippen molar-refractivity contribution in [2.45, 2.75) is 39.7 Å². The average molecular weight is 315 g/mol. The molecule has 3 rings (SSSR count). The van der Waals surface area contributed by atoms with Gasteiger partial charge in [0.2, 0.25) is 0 Å². The molecule has 6 heteroatoms. The largest absolute Gasteiger partial charge is 0.346 e. The van der Waals surface area contributed by atoms with Crippen LogP contribution in [0.4, 0.5) is 10.6 Å². The number of piperidine rings is 1. The number of likely N-dealkylation sites (tertiary alicyclic amines) is 1. The van der Waals surface area contributed by atoms with Crippen LogP contribution in [0.5, 0.6) is 0 Å². The second-order valence-electron chi connectivity index (χ2n) is 6.43. The monoisotopic (exact) mass is 315 g/mol. The van der Waals surface area contributed by atoms with Gasteiger partial charge in [0.1, 0.15) is 5.82 Å². The van der Waals surface area contributed by atoms with Crippen LogP contribution in [-0.2, 0) is 7.05 Å². The SMILES string of the molecule is Cc1cc(NC(=O)N2CCC(n3c(C)ccc3C)CC2)n(C)n1. The van der Waals surface area contributed by atoms with E-state index < -0.39 is 0 Å². The molecule has 1 fully saturated rings. The minimum Gasteiger partial charge on any atom is -0.346 e. The molecule has 3 heterocycles. The van der Waals surface area contributed by atoms with Gasteiger partial charge >= 0.3 is 6.03 Å². The number of urea groups is 1. The zero-order valence-electron chi connectivity index (χ0n) is 14.3. The minimum atomic E-state index is -0.0348. The van der Waals surface area contributed by atoms with Crippen molar-refractivity contribution in [3.05, 3.63) is 35.3 Å². The van der Waals surface area contributed by atoms with Crippen molar-refractivity contribution in [3.8, 4) is 0 Å². The molecule has 1 aliphatic rings. The maximum absolute atomic E-state index is 12.4. The molecule has 0 saturated carbocycles. The standard InChI is InChI=1S/C17H25N5O/c1-12-11-16(20(4)19-12)18-17(23)21-9-7-15(8-10-21)22-13(2)5-6-14(22)3/h5-6,11,15H,7-10H2,1-4H3,(H,18,23). The summed E-state index contributed by atoms with van der Waals surface area (Å²) in [5, 5.41) is 7.21. The molecular weight excluding hydrogens is 290 g/mol. The van der Waals surface area contributed by atoms with Crippen molar-refractivity contribution in [1.82, 2.24) is 19.2 Å². The number of carbonyl (C=O) groups is 1. The number of hydrogen-bond donors (Lipinski definition) is 1. The Bertz CT molecular complexity index is 687. The third-order valence-corrected chi connectivity index (χ3v) is 4.68. The summed E-state index contributed by atoms with van der Waals surface area (Å²) < 4.78 is 4.10. The highest BCUT2D eigenvalue weighted by atomic mass is 16.2. The first-order chi connectivity index (χ1) is 11.0. The molecule has 1 saturated heterocycles. The Morgan fingerprint density at radius 1 is 1.17 bits per heavy atom. The molecule has 2 aromatic heterocycles. The van der Waals surface area contributed by atoms with Crippen LogP contribution in [0.3, 0.4) is 0 Å². The lowest BCUT2D eigenvalue weighted by Gasteiger charge is -2.34. The molecule has 0 aliphatic carbocycles. The molecule has 0 spiro atoms. The molecule has 0 unspecified atom stereocenters. The van der Waals surface area contributed by atoms with Gasteiger partial charge in [-0.1, -0.05) is 0 Å². The van der Waals surface area contributed by atoms with Crippen LogP contribution in [0.2, 0.25) is 0 Å². The lowest BCUT2D eigenvalue weighted by atomic mass is 10.0. The summed E-state index contributed by atoms with van der Waals surface area (Å²) in [6.07, 6.45) is 1.99. The fraction of sp³-hybridized carbons (Fsp3) is 0.529. The third-order valence-electron chi connectivity index (χ3n) is 4.68. The predicted molar refractivity (Wildman–Crippen MR) is 90.7 cm³/mol. The number of hydrogen-bond acceptors (Lipinski definition) is 2. The van der Waals surface area contributed by atoms with Gasteiger partial charge in [-0.3, -0.25) is 10.00 Å². The summed E-state index contributed by atoms with van der Waals surface area (Å²) in [5.41, 5.74) is 3.51. The maximum Gasteiger partial charge on any atom is 0.323 e. The second kappa shape index (κ2) is 6.10. The number of aromatic nitrogens is 3. The first kappa shape index (κ1) is 15.6. The number of amides is 2. The van der Waals surface area contributed by atoms with E-state index in [4.69, 9.17) is 0 Å². The Kier molecular flexibility index (Phi) is 4.15. The number of carbonyl (C=O) groups excluding carboxylic acids is 1. The van der Waals surface area contributed by atoms with E-state index in [-0.39, 0.29) is 6.03 Å². The Labute approximate surface area is 137 Å². The molecule has 6 nitrogen and oxygen atoms in total. The van der Waals surface area contributed by atoms with Gasteiger partial charge in [0.15, 0.2) is 0 Å². The third kappa shape index (κ3) is 3.11. The van der Waals surface area contributed by atoms with Gasteiger partial charge < -0.3 is 9.47 Å². The lowest BCUT2D eigenvalue weighted by molar-refractivity contribution is 0.182. The molecule has 0 radical (unpaired) electrons. The van der Waals surface area contributed by atoms with Gasteiger partial charge in [-0.15, -0.1) is 0 Å². The summed E-state index contributed by atoms with van der Waals surface area (Å²) in [7, 11) is 1.84. The van der Waals surface area contributed by atoms with Gasteiger partial charge in [0, 0.05) is 43.6 Å². The summed E-state index contributed by atoms with van der Waals surface area (Å²) in [4.78, 5) is 14.3. The number of anilines is 1. The smallest absolute Gasteiger partial charge is 0.323 e. The van der Waals surface area contributed by atoms with Crippen LogP contribution in [0.15, 0.2) is 18.2 Å². The van der Waals surface area contributed by atoms with Gasteiger partial charge in [-0.2, -0.15) is 5.10 Å². The topological polar surface area (TPSA) is 55.1 Å². The molecule has 0 aromatic carbocycles. The van der Waals surface area contributed by atoms with E-state index in [0.717, 1.165) is 37.4 Å². The molecule has 0 atom stereocenters. The molecule has 2 amide bonds. The van der Waals surface area contributed by atoms with Gasteiger partial charge in [0.25, 0.3) is 0 Å². The van der Waals surface area contributed by atoms with Crippen molar-refractivity contribution in [1.29, 1.82) is 0 Å². The Balaban J connectivity index is 1.60. The van der Waals surface area contributed by atoms with Gasteiger partial charge in [-0.05, 0) is 45.7 Å². The molecule has 1 aliphatic heterocycles. The Hall–Kier alpha value is -2.24. The zero-order chi connectivity index (χ0) is 16.6. The Morgan fingerprint density at radius 2 is 1.78 bits per heavy atom. The van der Waals surface area contributed by atoms with Crippen molar-refractivity contribution < 1.29 is 4.79 Å². The molecule has 1 N–H and O–H groups in total. The molecule has 124 valence electrons. The van der Waals surface area contributed by atoms with Crippen molar-refractivity contribution >= 4 is 11.8 Å². The van der Waals surface area contributed by atoms with Crippen LogP contribution in [-0.4, -0.2) is 38.4 Å². The zero-order valence-corrected chi connectivity index (χ0v) is 14.3. The van der Waals surface area contributed by atoms with E-state index in [2.05, 4.69) is 41.0 Å². The highest BCUT2D eigenvalue weighted by molar-refractivity contribution is 5.88. The van der Waals surface area contributed by atoms with E-state index in [1.165, 1.54) is 11.4 Å². The van der Waals surface area contributed by atoms with Crippen LogP contribution >= 0.6 is 0 Å². The van der Waals surface area contributed by atoms with E-state index in [0.29, 0.717) is 6.04 Å². The predicted octanol–water partition coefficient (Wildman–Crippen LogP) is 3.02. The fourth-order valence-electron chi connectivity index (χ4n) is 3.50. The van der Waals surface area contributed by atoms with Crippen LogP contribution in [0.25, 0.3) is 0 Å². The summed E-state index contributed by atoms with van der Waals surface area (Å²) >= 11 is 0. The van der Waals surface area contributed by atoms with E-state index in [1.54, 1.807) is 4.68 Å². The fourth-order valence-corrected chi connectivity index (χ4v) is 3.50. The van der Waals surface area contributed by atoms with Crippen molar-refractivity contribution in [2.75, 3.05) is 18.4 Å². The number of nitrogens with one attached hydrogen (secondary N) is 1. The van der Waals surface area contributed by atoms with Crippen molar-refractivity contribution in [2.24, 2.45) is 7.05 Å². The van der Waals surface area contributed by atoms with Gasteiger partial charge in [-0.25, -0.2) is 4.79 Å². The second-order valence-corrected chi connectivity index (χ2v) is 6.43. The maximum atomic E-state index is 12.4. The normalized spacial score (nSPS) is 15.9. The highest BCUT2D eigenvalue weighted by Crippen LogP contribution is 2.26. The summed E-state index contributed by atoms with van der Waals surface area (Å²) in [6.45, 7) is 7.78. The Morgan fingerprint density at radius 3 is 2.30 bits per heavy atom. The number of aryl methyl sites for hydroxylation is 4. The highest BCUT2D eigenvalue weighted by Gasteiger charge is 2.25. The number of nitrogens with zero attached hydrogens (tertiary/aromatic N) is 4. The number of rotatable bonds is 2. The first-order valence-electron chi connectivity index (χ1n) is 8.16. The summed E-state index contributed by atoms with van der Waals surface area (Å²) in [5.74, 6) is 0.742. The molecule has 23 heavy (non-hydrogen) atoms. The van der Waals surface area contributed by atoms with Crippen LogP contribution < -0.4 is 5.32 Å². The van der Waals surface area contributed by atoms with Crippen LogP contribution in [0.1, 0.15) is 36.0 Å². The van der Waals surface area contributed by atoms with E-state index in [1.807, 2.05) is 24.9 Å². The minimum absolute atomic E-state index is 0.0348. The molecule has 2 aromatic rings. The van der Waals surface area contributed by atoms with Crippen molar-refractivity contribution in [3.63, 3.8) is 0 Å². The first-order valence-corrected chi connectivity index (χ1v) is 8.16. The lowest BCUT2D eigenvalue weighted by Crippen LogP contribution is -2.42. The van der Waals surface area contributed by atoms with E-state index in [9.17, 15) is 4.79 Å². The molecule has 0 bridgehead atoms. The quantitative estimate of drug-likeness (QED) is 0.926.